The number of aliphatic hydroxyl groups excluding tert-OH is 4. The molecule has 1 aliphatic carbocycles. The van der Waals surface area contributed by atoms with Crippen LogP contribution >= 0.6 is 0 Å². The zero-order chi connectivity index (χ0) is 15.4. The Labute approximate surface area is 126 Å². The van der Waals surface area contributed by atoms with Crippen molar-refractivity contribution in [3.05, 3.63) is 59.7 Å². The van der Waals surface area contributed by atoms with Gasteiger partial charge in [-0.3, -0.25) is 0 Å². The van der Waals surface area contributed by atoms with Crippen molar-refractivity contribution in [2.24, 2.45) is 0 Å². The molecule has 0 saturated carbocycles. The molecule has 112 valence electrons. The topological polar surface area (TPSA) is 80.9 Å². The summed E-state index contributed by atoms with van der Waals surface area (Å²) in [5, 5.41) is 44.1. The molecule has 0 radical (unpaired) electrons. The third-order valence-corrected chi connectivity index (χ3v) is 4.58. The van der Waals surface area contributed by atoms with Crippen molar-refractivity contribution in [2.45, 2.75) is 24.4 Å². The van der Waals surface area contributed by atoms with E-state index in [0.29, 0.717) is 11.1 Å². The van der Waals surface area contributed by atoms with Gasteiger partial charge < -0.3 is 20.4 Å². The molecule has 0 unspecified atom stereocenters. The molecular weight excluding hydrogens is 280 g/mol. The minimum Gasteiger partial charge on any atom is -0.387 e. The second-order valence-corrected chi connectivity index (χ2v) is 5.86. The summed E-state index contributed by atoms with van der Waals surface area (Å²) in [5.41, 5.74) is 0.933. The Kier molecular flexibility index (Phi) is 2.96. The van der Waals surface area contributed by atoms with Crippen LogP contribution in [0.15, 0.2) is 48.5 Å². The van der Waals surface area contributed by atoms with Crippen LogP contribution in [-0.2, 0) is 0 Å². The molecular formula is C18H16O4. The molecule has 4 rings (SSSR count). The van der Waals surface area contributed by atoms with E-state index in [2.05, 4.69) is 0 Å². The summed E-state index contributed by atoms with van der Waals surface area (Å²) < 4.78 is 0. The van der Waals surface area contributed by atoms with Crippen molar-refractivity contribution in [1.82, 2.24) is 0 Å². The van der Waals surface area contributed by atoms with E-state index in [1.54, 1.807) is 12.1 Å². The molecule has 0 bridgehead atoms. The number of hydrogen-bond acceptors (Lipinski definition) is 4. The predicted octanol–water partition coefficient (Wildman–Crippen LogP) is 1.80. The maximum absolute atomic E-state index is 10.2. The molecule has 0 saturated heterocycles. The molecule has 4 heteroatoms. The van der Waals surface area contributed by atoms with Gasteiger partial charge in [0.15, 0.2) is 0 Å². The lowest BCUT2D eigenvalue weighted by atomic mass is 9.81. The quantitative estimate of drug-likeness (QED) is 0.477. The van der Waals surface area contributed by atoms with Gasteiger partial charge in [0.2, 0.25) is 0 Å². The highest BCUT2D eigenvalue weighted by molar-refractivity contribution is 6.07. The van der Waals surface area contributed by atoms with E-state index in [0.717, 1.165) is 21.5 Å². The Morgan fingerprint density at radius 2 is 1.18 bits per heavy atom. The predicted molar refractivity (Wildman–Crippen MR) is 83.4 cm³/mol. The Hall–Kier alpha value is -1.98. The smallest absolute Gasteiger partial charge is 0.113 e. The zero-order valence-electron chi connectivity index (χ0n) is 11.7. The second kappa shape index (κ2) is 4.76. The van der Waals surface area contributed by atoms with Gasteiger partial charge in [0.05, 0.1) is 0 Å². The van der Waals surface area contributed by atoms with Gasteiger partial charge in [-0.2, -0.15) is 0 Å². The number of fused-ring (bicyclic) bond motifs is 4. The monoisotopic (exact) mass is 296 g/mol. The summed E-state index contributed by atoms with van der Waals surface area (Å²) in [6, 6.07) is 15.5. The number of rotatable bonds is 0. The summed E-state index contributed by atoms with van der Waals surface area (Å²) in [7, 11) is 0. The third-order valence-electron chi connectivity index (χ3n) is 4.58. The average Bonchev–Trinajstić information content (AvgIpc) is 2.56. The van der Waals surface area contributed by atoms with Gasteiger partial charge in [-0.05, 0) is 44.8 Å². The highest BCUT2D eigenvalue weighted by atomic mass is 16.4. The lowest BCUT2D eigenvalue weighted by Gasteiger charge is -2.34. The maximum atomic E-state index is 10.2. The summed E-state index contributed by atoms with van der Waals surface area (Å²) in [6.45, 7) is 0. The molecule has 0 aliphatic heterocycles. The molecule has 4 nitrogen and oxygen atoms in total. The fraction of sp³-hybridized carbons (Fsp3) is 0.222. The van der Waals surface area contributed by atoms with Crippen LogP contribution < -0.4 is 0 Å². The summed E-state index contributed by atoms with van der Waals surface area (Å²) in [5.74, 6) is 0. The molecule has 4 N–H and O–H groups in total. The van der Waals surface area contributed by atoms with Gasteiger partial charge in [-0.15, -0.1) is 0 Å². The molecule has 3 aromatic rings. The number of aliphatic hydroxyl groups is 4. The first-order chi connectivity index (χ1) is 10.6. The van der Waals surface area contributed by atoms with Crippen LogP contribution in [0.25, 0.3) is 21.5 Å². The van der Waals surface area contributed by atoms with Crippen molar-refractivity contribution in [3.63, 3.8) is 0 Å². The Balaban J connectivity index is 2.06. The van der Waals surface area contributed by atoms with Gasteiger partial charge >= 0.3 is 0 Å². The molecule has 0 fully saturated rings. The highest BCUT2D eigenvalue weighted by Crippen LogP contribution is 2.40. The Morgan fingerprint density at radius 3 is 1.91 bits per heavy atom. The summed E-state index contributed by atoms with van der Waals surface area (Å²) >= 11 is 0. The van der Waals surface area contributed by atoms with E-state index >= 15 is 0 Å². The molecule has 0 aromatic heterocycles. The van der Waals surface area contributed by atoms with Gasteiger partial charge in [-0.1, -0.05) is 36.4 Å². The SMILES string of the molecule is O[C@@H]1[C@H](O)[C@@H](O)c2cc3ccc4ccccc4c3cc2[C@H]1O. The standard InChI is InChI=1S/C18H16O4/c19-15-13-7-10-6-5-9-3-1-2-4-11(9)12(10)8-14(13)16(20)18(22)17(15)21/h1-8,15-22H/t15-,16+,17+,18-/m0/s1. The van der Waals surface area contributed by atoms with Crippen molar-refractivity contribution in [2.75, 3.05) is 0 Å². The lowest BCUT2D eigenvalue weighted by molar-refractivity contribution is -0.120. The van der Waals surface area contributed by atoms with Crippen LogP contribution in [0.3, 0.4) is 0 Å². The molecule has 0 spiro atoms. The molecule has 22 heavy (non-hydrogen) atoms. The molecule has 0 heterocycles. The second-order valence-electron chi connectivity index (χ2n) is 5.86. The van der Waals surface area contributed by atoms with Crippen molar-refractivity contribution in [1.29, 1.82) is 0 Å². The van der Waals surface area contributed by atoms with Gasteiger partial charge in [-0.25, -0.2) is 0 Å². The van der Waals surface area contributed by atoms with E-state index in [1.807, 2.05) is 36.4 Å². The van der Waals surface area contributed by atoms with E-state index in [-0.39, 0.29) is 0 Å². The Morgan fingerprint density at radius 1 is 0.591 bits per heavy atom. The summed E-state index contributed by atoms with van der Waals surface area (Å²) in [6.07, 6.45) is -5.20. The fourth-order valence-electron chi connectivity index (χ4n) is 3.34. The van der Waals surface area contributed by atoms with Crippen LogP contribution in [0, 0.1) is 0 Å². The van der Waals surface area contributed by atoms with E-state index in [1.165, 1.54) is 0 Å². The minimum absolute atomic E-state index is 0.466. The van der Waals surface area contributed by atoms with Gasteiger partial charge in [0.25, 0.3) is 0 Å². The third kappa shape index (κ3) is 1.79. The Bertz CT molecular complexity index is 873. The van der Waals surface area contributed by atoms with Crippen LogP contribution in [0.4, 0.5) is 0 Å². The first kappa shape index (κ1) is 13.7. The molecule has 3 aromatic carbocycles. The first-order valence-electron chi connectivity index (χ1n) is 7.25. The van der Waals surface area contributed by atoms with E-state index < -0.39 is 24.4 Å². The summed E-state index contributed by atoms with van der Waals surface area (Å²) in [4.78, 5) is 0. The minimum atomic E-state index is -1.39. The van der Waals surface area contributed by atoms with Crippen molar-refractivity contribution >= 4 is 21.5 Å². The van der Waals surface area contributed by atoms with Crippen molar-refractivity contribution < 1.29 is 20.4 Å². The maximum Gasteiger partial charge on any atom is 0.113 e. The van der Waals surface area contributed by atoms with E-state index in [9.17, 15) is 20.4 Å². The number of hydrogen-bond donors (Lipinski definition) is 4. The van der Waals surface area contributed by atoms with Crippen LogP contribution in [0.2, 0.25) is 0 Å². The normalized spacial score (nSPS) is 28.0. The van der Waals surface area contributed by atoms with Crippen LogP contribution in [0.5, 0.6) is 0 Å². The van der Waals surface area contributed by atoms with E-state index in [4.69, 9.17) is 0 Å². The van der Waals surface area contributed by atoms with Gasteiger partial charge in [0, 0.05) is 0 Å². The molecule has 1 aliphatic rings. The first-order valence-corrected chi connectivity index (χ1v) is 7.25. The largest absolute Gasteiger partial charge is 0.387 e. The highest BCUT2D eigenvalue weighted by Gasteiger charge is 2.39. The molecule has 0 amide bonds. The zero-order valence-corrected chi connectivity index (χ0v) is 11.7. The van der Waals surface area contributed by atoms with Crippen LogP contribution in [0.1, 0.15) is 23.3 Å². The number of benzene rings is 3. The van der Waals surface area contributed by atoms with Crippen molar-refractivity contribution in [3.8, 4) is 0 Å². The van der Waals surface area contributed by atoms with Gasteiger partial charge in [0.1, 0.15) is 24.4 Å². The van der Waals surface area contributed by atoms with Crippen LogP contribution in [-0.4, -0.2) is 32.6 Å². The average molecular weight is 296 g/mol. The fourth-order valence-corrected chi connectivity index (χ4v) is 3.34. The molecule has 4 atom stereocenters. The lowest BCUT2D eigenvalue weighted by Crippen LogP contribution is -2.41.